The Balaban J connectivity index is 1.54. The fourth-order valence-electron chi connectivity index (χ4n) is 4.01. The predicted octanol–water partition coefficient (Wildman–Crippen LogP) is 4.47. The lowest BCUT2D eigenvalue weighted by Gasteiger charge is -2.38. The second-order valence-corrected chi connectivity index (χ2v) is 9.89. The Labute approximate surface area is 198 Å². The van der Waals surface area contributed by atoms with Gasteiger partial charge in [-0.1, -0.05) is 41.9 Å². The summed E-state index contributed by atoms with van der Waals surface area (Å²) in [6.45, 7) is 4.30. The minimum atomic E-state index is -3.84. The first kappa shape index (κ1) is 22.9. The van der Waals surface area contributed by atoms with Crippen LogP contribution in [0.1, 0.15) is 15.9 Å². The van der Waals surface area contributed by atoms with Gasteiger partial charge in [0, 0.05) is 31.9 Å². The topological polar surface area (TPSA) is 90.0 Å². The molecule has 1 aliphatic rings. The molecule has 4 rings (SSSR count). The Bertz CT molecular complexity index is 1290. The summed E-state index contributed by atoms with van der Waals surface area (Å²) in [5, 5.41) is 10.5. The number of nitrogens with zero attached hydrogens (tertiary/aromatic N) is 2. The Morgan fingerprint density at radius 3 is 2.15 bits per heavy atom. The van der Waals surface area contributed by atoms with E-state index >= 15 is 0 Å². The summed E-state index contributed by atoms with van der Waals surface area (Å²) in [5.74, 6) is -1.12. The molecule has 0 radical (unpaired) electrons. The molecule has 7 nitrogen and oxygen atoms in total. The molecule has 1 aliphatic heterocycles. The number of nitrogens with one attached hydrogen (secondary N) is 1. The van der Waals surface area contributed by atoms with Gasteiger partial charge in [0.1, 0.15) is 0 Å². The van der Waals surface area contributed by atoms with Crippen molar-refractivity contribution >= 4 is 44.7 Å². The van der Waals surface area contributed by atoms with Crippen molar-refractivity contribution in [2.45, 2.75) is 11.8 Å². The van der Waals surface area contributed by atoms with Crippen LogP contribution in [-0.4, -0.2) is 45.7 Å². The zero-order chi connectivity index (χ0) is 23.6. The van der Waals surface area contributed by atoms with Gasteiger partial charge in [-0.25, -0.2) is 13.2 Å². The highest BCUT2D eigenvalue weighted by atomic mass is 35.5. The van der Waals surface area contributed by atoms with Crippen LogP contribution in [0.5, 0.6) is 0 Å². The Morgan fingerprint density at radius 2 is 1.52 bits per heavy atom. The van der Waals surface area contributed by atoms with Gasteiger partial charge in [0.25, 0.3) is 10.0 Å². The molecule has 1 fully saturated rings. The summed E-state index contributed by atoms with van der Waals surface area (Å²) in [7, 11) is -3.84. The zero-order valence-corrected chi connectivity index (χ0v) is 19.6. The number of para-hydroxylation sites is 1. The highest BCUT2D eigenvalue weighted by Crippen LogP contribution is 2.30. The molecule has 0 aromatic heterocycles. The van der Waals surface area contributed by atoms with Crippen molar-refractivity contribution < 1.29 is 18.3 Å². The molecular weight excluding hydrogens is 462 g/mol. The summed E-state index contributed by atoms with van der Waals surface area (Å²) in [6, 6.07) is 18.9. The van der Waals surface area contributed by atoms with E-state index in [1.54, 1.807) is 37.3 Å². The van der Waals surface area contributed by atoms with Crippen LogP contribution in [0.3, 0.4) is 0 Å². The first-order chi connectivity index (χ1) is 15.8. The number of hydrogen-bond acceptors (Lipinski definition) is 5. The lowest BCUT2D eigenvalue weighted by atomic mass is 10.1. The SMILES string of the molecule is Cc1ccccc1S(=O)(=O)Nc1ccc(N2CCN(c3ccccc3Cl)CC2)c(C(=O)O)c1. The third-order valence-electron chi connectivity index (χ3n) is 5.68. The minimum Gasteiger partial charge on any atom is -0.478 e. The van der Waals surface area contributed by atoms with Crippen molar-refractivity contribution in [1.29, 1.82) is 0 Å². The Kier molecular flexibility index (Phi) is 6.49. The molecule has 172 valence electrons. The Hall–Kier alpha value is -3.23. The van der Waals surface area contributed by atoms with Crippen LogP contribution in [-0.2, 0) is 10.0 Å². The molecule has 0 spiro atoms. The van der Waals surface area contributed by atoms with E-state index in [9.17, 15) is 18.3 Å². The number of halogens is 1. The number of sulfonamides is 1. The normalized spacial score (nSPS) is 14.2. The molecule has 2 N–H and O–H groups in total. The van der Waals surface area contributed by atoms with E-state index in [1.807, 2.05) is 29.2 Å². The van der Waals surface area contributed by atoms with E-state index in [1.165, 1.54) is 12.1 Å². The fourth-order valence-corrected chi connectivity index (χ4v) is 5.56. The van der Waals surface area contributed by atoms with Gasteiger partial charge >= 0.3 is 5.97 Å². The van der Waals surface area contributed by atoms with Gasteiger partial charge in [-0.05, 0) is 48.9 Å². The van der Waals surface area contributed by atoms with Gasteiger partial charge in [-0.2, -0.15) is 0 Å². The average molecular weight is 486 g/mol. The molecule has 0 atom stereocenters. The molecule has 1 heterocycles. The van der Waals surface area contributed by atoms with Crippen molar-refractivity contribution in [3.8, 4) is 0 Å². The number of aryl methyl sites for hydroxylation is 1. The quantitative estimate of drug-likeness (QED) is 0.535. The van der Waals surface area contributed by atoms with Crippen LogP contribution < -0.4 is 14.5 Å². The summed E-state index contributed by atoms with van der Waals surface area (Å²) >= 11 is 6.31. The van der Waals surface area contributed by atoms with Crippen molar-refractivity contribution in [1.82, 2.24) is 0 Å². The summed E-state index contributed by atoms with van der Waals surface area (Å²) < 4.78 is 28.1. The molecule has 1 saturated heterocycles. The summed E-state index contributed by atoms with van der Waals surface area (Å²) in [5.41, 5.74) is 2.37. The van der Waals surface area contributed by atoms with Gasteiger partial charge < -0.3 is 14.9 Å². The molecule has 0 amide bonds. The molecule has 9 heteroatoms. The number of aromatic carboxylic acids is 1. The number of carboxylic acids is 1. The number of hydrogen-bond donors (Lipinski definition) is 2. The van der Waals surface area contributed by atoms with Crippen molar-refractivity contribution in [3.05, 3.63) is 82.9 Å². The zero-order valence-electron chi connectivity index (χ0n) is 18.0. The number of benzene rings is 3. The van der Waals surface area contributed by atoms with E-state index in [0.717, 1.165) is 5.69 Å². The van der Waals surface area contributed by atoms with Gasteiger partial charge in [0.2, 0.25) is 0 Å². The monoisotopic (exact) mass is 485 g/mol. The number of carboxylic acid groups (broad SMARTS) is 1. The van der Waals surface area contributed by atoms with Crippen LogP contribution in [0.2, 0.25) is 5.02 Å². The number of rotatable bonds is 6. The maximum absolute atomic E-state index is 12.8. The van der Waals surface area contributed by atoms with Gasteiger partial charge in [-0.15, -0.1) is 0 Å². The number of anilines is 3. The molecule has 0 unspecified atom stereocenters. The first-order valence-electron chi connectivity index (χ1n) is 10.5. The third kappa shape index (κ3) is 4.91. The highest BCUT2D eigenvalue weighted by molar-refractivity contribution is 7.92. The maximum atomic E-state index is 12.8. The van der Waals surface area contributed by atoms with Crippen LogP contribution in [0, 0.1) is 6.92 Å². The van der Waals surface area contributed by atoms with Crippen LogP contribution in [0.25, 0.3) is 0 Å². The maximum Gasteiger partial charge on any atom is 0.337 e. The van der Waals surface area contributed by atoms with Gasteiger partial charge in [-0.3, -0.25) is 4.72 Å². The Morgan fingerprint density at radius 1 is 0.909 bits per heavy atom. The van der Waals surface area contributed by atoms with E-state index in [4.69, 9.17) is 11.6 Å². The van der Waals surface area contributed by atoms with Gasteiger partial charge in [0.15, 0.2) is 0 Å². The lowest BCUT2D eigenvalue weighted by molar-refractivity contribution is 0.0697. The second-order valence-electron chi connectivity index (χ2n) is 7.83. The summed E-state index contributed by atoms with van der Waals surface area (Å²) in [6.07, 6.45) is 0. The molecule has 0 bridgehead atoms. The van der Waals surface area contributed by atoms with E-state index in [-0.39, 0.29) is 16.1 Å². The third-order valence-corrected chi connectivity index (χ3v) is 7.54. The van der Waals surface area contributed by atoms with Crippen LogP contribution >= 0.6 is 11.6 Å². The second kappa shape index (κ2) is 9.33. The lowest BCUT2D eigenvalue weighted by Crippen LogP contribution is -2.47. The number of carbonyl (C=O) groups is 1. The van der Waals surface area contributed by atoms with Crippen molar-refractivity contribution in [2.24, 2.45) is 0 Å². The molecule has 3 aromatic rings. The minimum absolute atomic E-state index is 0.0474. The summed E-state index contributed by atoms with van der Waals surface area (Å²) in [4.78, 5) is 16.3. The fraction of sp³-hybridized carbons (Fsp3) is 0.208. The standard InChI is InChI=1S/C24H24ClN3O4S/c1-17-6-2-5-9-23(17)33(31,32)26-18-10-11-21(19(16-18)24(29)30)27-12-14-28(15-13-27)22-8-4-3-7-20(22)25/h2-11,16,26H,12-15H2,1H3,(H,29,30). The molecule has 3 aromatic carbocycles. The smallest absolute Gasteiger partial charge is 0.337 e. The molecule has 0 aliphatic carbocycles. The van der Waals surface area contributed by atoms with E-state index < -0.39 is 16.0 Å². The molecule has 0 saturated carbocycles. The molecular formula is C24H24ClN3O4S. The van der Waals surface area contributed by atoms with Crippen molar-refractivity contribution in [3.63, 3.8) is 0 Å². The van der Waals surface area contributed by atoms with Crippen molar-refractivity contribution in [2.75, 3.05) is 40.7 Å². The largest absolute Gasteiger partial charge is 0.478 e. The van der Waals surface area contributed by atoms with Gasteiger partial charge in [0.05, 0.1) is 26.9 Å². The van der Waals surface area contributed by atoms with E-state index in [2.05, 4.69) is 9.62 Å². The average Bonchev–Trinajstić information content (AvgIpc) is 2.79. The first-order valence-corrected chi connectivity index (χ1v) is 12.3. The predicted molar refractivity (Wildman–Crippen MR) is 131 cm³/mol. The van der Waals surface area contributed by atoms with Crippen LogP contribution in [0.4, 0.5) is 17.1 Å². The van der Waals surface area contributed by atoms with E-state index in [0.29, 0.717) is 42.5 Å². The number of piperazine rings is 1. The molecule has 33 heavy (non-hydrogen) atoms. The van der Waals surface area contributed by atoms with Crippen LogP contribution in [0.15, 0.2) is 71.6 Å². The highest BCUT2D eigenvalue weighted by Gasteiger charge is 2.24.